The first-order valence-corrected chi connectivity index (χ1v) is 6.80. The van der Waals surface area contributed by atoms with Gasteiger partial charge >= 0.3 is 5.97 Å². The zero-order valence-electron chi connectivity index (χ0n) is 11.8. The van der Waals surface area contributed by atoms with Crippen molar-refractivity contribution in [2.24, 2.45) is 5.92 Å². The summed E-state index contributed by atoms with van der Waals surface area (Å²) in [5, 5.41) is 9.14. The summed E-state index contributed by atoms with van der Waals surface area (Å²) in [5.74, 6) is -0.768. The van der Waals surface area contributed by atoms with Crippen molar-refractivity contribution >= 4 is 5.97 Å². The highest BCUT2D eigenvalue weighted by Gasteiger charge is 2.30. The molecule has 0 aromatic heterocycles. The van der Waals surface area contributed by atoms with Gasteiger partial charge in [0.25, 0.3) is 0 Å². The van der Waals surface area contributed by atoms with Crippen molar-refractivity contribution in [3.8, 4) is 5.75 Å². The number of piperidine rings is 1. The van der Waals surface area contributed by atoms with Crippen molar-refractivity contribution in [2.75, 3.05) is 13.7 Å². The zero-order chi connectivity index (χ0) is 14.7. The van der Waals surface area contributed by atoms with Crippen LogP contribution in [0.15, 0.2) is 18.2 Å². The normalized spacial score (nSPS) is 23.6. The summed E-state index contributed by atoms with van der Waals surface area (Å²) in [5.41, 5.74) is 0.755. The molecule has 110 valence electrons. The third kappa shape index (κ3) is 3.28. The maximum Gasteiger partial charge on any atom is 0.307 e. The van der Waals surface area contributed by atoms with Crippen molar-refractivity contribution in [2.45, 2.75) is 32.4 Å². The zero-order valence-corrected chi connectivity index (χ0v) is 11.8. The second-order valence-electron chi connectivity index (χ2n) is 5.35. The van der Waals surface area contributed by atoms with E-state index in [2.05, 4.69) is 11.8 Å². The van der Waals surface area contributed by atoms with Gasteiger partial charge in [0.15, 0.2) is 0 Å². The molecule has 0 spiro atoms. The molecule has 5 heteroatoms. The van der Waals surface area contributed by atoms with Crippen molar-refractivity contribution < 1.29 is 19.0 Å². The van der Waals surface area contributed by atoms with E-state index in [1.165, 1.54) is 12.1 Å². The highest BCUT2D eigenvalue weighted by molar-refractivity contribution is 5.70. The van der Waals surface area contributed by atoms with E-state index < -0.39 is 5.97 Å². The van der Waals surface area contributed by atoms with E-state index in [4.69, 9.17) is 9.84 Å². The molecular formula is C15H20FNO3. The van der Waals surface area contributed by atoms with E-state index in [1.807, 2.05) is 0 Å². The van der Waals surface area contributed by atoms with Crippen molar-refractivity contribution in [3.63, 3.8) is 0 Å². The lowest BCUT2D eigenvalue weighted by Gasteiger charge is -2.36. The number of ether oxygens (including phenoxy) is 1. The quantitative estimate of drug-likeness (QED) is 0.921. The van der Waals surface area contributed by atoms with Gasteiger partial charge in [-0.25, -0.2) is 4.39 Å². The van der Waals surface area contributed by atoms with Crippen LogP contribution >= 0.6 is 0 Å². The minimum Gasteiger partial charge on any atom is -0.496 e. The lowest BCUT2D eigenvalue weighted by Crippen LogP contribution is -2.43. The molecule has 1 N–H and O–H groups in total. The molecule has 1 aliphatic rings. The van der Waals surface area contributed by atoms with Crippen molar-refractivity contribution in [1.29, 1.82) is 0 Å². The first kappa shape index (κ1) is 14.8. The molecule has 4 nitrogen and oxygen atoms in total. The summed E-state index contributed by atoms with van der Waals surface area (Å²) in [6.07, 6.45) is 1.54. The number of likely N-dealkylation sites (tertiary alicyclic amines) is 1. The van der Waals surface area contributed by atoms with Crippen LogP contribution in [0.25, 0.3) is 0 Å². The Hall–Kier alpha value is -1.62. The number of carboxylic acids is 1. The molecule has 1 heterocycles. The van der Waals surface area contributed by atoms with Gasteiger partial charge in [-0.1, -0.05) is 0 Å². The summed E-state index contributed by atoms with van der Waals surface area (Å²) >= 11 is 0. The highest BCUT2D eigenvalue weighted by atomic mass is 19.1. The van der Waals surface area contributed by atoms with Crippen LogP contribution in [-0.2, 0) is 11.3 Å². The average molecular weight is 281 g/mol. The molecule has 1 aromatic rings. The van der Waals surface area contributed by atoms with Gasteiger partial charge in [0.2, 0.25) is 0 Å². The fourth-order valence-corrected chi connectivity index (χ4v) is 2.69. The molecule has 0 bridgehead atoms. The lowest BCUT2D eigenvalue weighted by molar-refractivity contribution is -0.144. The number of nitrogens with zero attached hydrogens (tertiary/aromatic N) is 1. The van der Waals surface area contributed by atoms with E-state index in [1.54, 1.807) is 13.2 Å². The third-order valence-corrected chi connectivity index (χ3v) is 3.98. The number of benzene rings is 1. The van der Waals surface area contributed by atoms with E-state index >= 15 is 0 Å². The van der Waals surface area contributed by atoms with Crippen LogP contribution in [0.2, 0.25) is 0 Å². The minimum atomic E-state index is -0.756. The Morgan fingerprint density at radius 1 is 1.50 bits per heavy atom. The molecule has 0 radical (unpaired) electrons. The van der Waals surface area contributed by atoms with Crippen LogP contribution in [0, 0.1) is 11.7 Å². The number of carboxylic acid groups (broad SMARTS) is 1. The molecular weight excluding hydrogens is 261 g/mol. The number of hydrogen-bond donors (Lipinski definition) is 1. The molecule has 1 aliphatic heterocycles. The number of carbonyl (C=O) groups is 1. The van der Waals surface area contributed by atoms with Gasteiger partial charge in [-0.3, -0.25) is 9.69 Å². The van der Waals surface area contributed by atoms with Gasteiger partial charge in [0, 0.05) is 24.7 Å². The second-order valence-corrected chi connectivity index (χ2v) is 5.35. The fourth-order valence-electron chi connectivity index (χ4n) is 2.69. The molecule has 2 unspecified atom stereocenters. The van der Waals surface area contributed by atoms with E-state index in [-0.39, 0.29) is 11.7 Å². The first-order valence-electron chi connectivity index (χ1n) is 6.80. The molecule has 1 fully saturated rings. The molecule has 2 rings (SSSR count). The largest absolute Gasteiger partial charge is 0.496 e. The smallest absolute Gasteiger partial charge is 0.307 e. The molecule has 0 aliphatic carbocycles. The number of aliphatic carboxylic acids is 1. The Labute approximate surface area is 118 Å². The number of methoxy groups -OCH3 is 1. The Morgan fingerprint density at radius 2 is 2.25 bits per heavy atom. The first-order chi connectivity index (χ1) is 9.51. The van der Waals surface area contributed by atoms with Crippen LogP contribution in [0.5, 0.6) is 5.75 Å². The Bertz CT molecular complexity index is 492. The molecule has 0 amide bonds. The molecule has 2 atom stereocenters. The van der Waals surface area contributed by atoms with Crippen LogP contribution in [0.4, 0.5) is 4.39 Å². The van der Waals surface area contributed by atoms with Gasteiger partial charge in [0.05, 0.1) is 13.0 Å². The van der Waals surface area contributed by atoms with E-state index in [0.717, 1.165) is 12.0 Å². The SMILES string of the molecule is COc1ccc(F)cc1CN1CC(C(=O)O)CCC1C. The lowest BCUT2D eigenvalue weighted by atomic mass is 9.93. The van der Waals surface area contributed by atoms with Crippen molar-refractivity contribution in [1.82, 2.24) is 4.90 Å². The predicted molar refractivity (Wildman–Crippen MR) is 73.2 cm³/mol. The Kier molecular flexibility index (Phi) is 4.60. The topological polar surface area (TPSA) is 49.8 Å². The summed E-state index contributed by atoms with van der Waals surface area (Å²) < 4.78 is 18.6. The average Bonchev–Trinajstić information content (AvgIpc) is 2.41. The third-order valence-electron chi connectivity index (χ3n) is 3.98. The minimum absolute atomic E-state index is 0.290. The maximum absolute atomic E-state index is 13.4. The van der Waals surface area contributed by atoms with Crippen LogP contribution in [0.3, 0.4) is 0 Å². The summed E-state index contributed by atoms with van der Waals surface area (Å²) in [6, 6.07) is 4.71. The molecule has 1 aromatic carbocycles. The standard InChI is InChI=1S/C15H20FNO3/c1-10-3-4-11(15(18)19)8-17(10)9-12-7-13(16)5-6-14(12)20-2/h5-7,10-11H,3-4,8-9H2,1-2H3,(H,18,19). The van der Waals surface area contributed by atoms with Gasteiger partial charge in [-0.05, 0) is 38.0 Å². The maximum atomic E-state index is 13.4. The Balaban J connectivity index is 2.15. The van der Waals surface area contributed by atoms with Gasteiger partial charge in [-0.2, -0.15) is 0 Å². The predicted octanol–water partition coefficient (Wildman–Crippen LogP) is 2.52. The van der Waals surface area contributed by atoms with Crippen LogP contribution in [0.1, 0.15) is 25.3 Å². The monoisotopic (exact) mass is 281 g/mol. The van der Waals surface area contributed by atoms with Crippen LogP contribution < -0.4 is 4.74 Å². The van der Waals surface area contributed by atoms with Crippen molar-refractivity contribution in [3.05, 3.63) is 29.6 Å². The summed E-state index contributed by atoms with van der Waals surface area (Å²) in [4.78, 5) is 13.2. The molecule has 20 heavy (non-hydrogen) atoms. The highest BCUT2D eigenvalue weighted by Crippen LogP contribution is 2.27. The number of rotatable bonds is 4. The van der Waals surface area contributed by atoms with Gasteiger partial charge < -0.3 is 9.84 Å². The molecule has 0 saturated carbocycles. The Morgan fingerprint density at radius 3 is 2.90 bits per heavy atom. The van der Waals surface area contributed by atoms with Gasteiger partial charge in [-0.15, -0.1) is 0 Å². The van der Waals surface area contributed by atoms with Gasteiger partial charge in [0.1, 0.15) is 11.6 Å². The van der Waals surface area contributed by atoms with E-state index in [9.17, 15) is 9.18 Å². The molecule has 1 saturated heterocycles. The fraction of sp³-hybridized carbons (Fsp3) is 0.533. The van der Waals surface area contributed by atoms with E-state index in [0.29, 0.717) is 31.3 Å². The summed E-state index contributed by atoms with van der Waals surface area (Å²) in [7, 11) is 1.55. The van der Waals surface area contributed by atoms with Crippen LogP contribution in [-0.4, -0.2) is 35.7 Å². The summed E-state index contributed by atoms with van der Waals surface area (Å²) in [6.45, 7) is 3.08. The number of hydrogen-bond acceptors (Lipinski definition) is 3. The second kappa shape index (κ2) is 6.22. The number of halogens is 1.